The maximum atomic E-state index is 12.4. The minimum atomic E-state index is -3.93. The van der Waals surface area contributed by atoms with E-state index in [-0.39, 0.29) is 17.3 Å². The number of benzene rings is 1. The van der Waals surface area contributed by atoms with E-state index in [1.54, 1.807) is 0 Å². The number of nitrogens with zero attached hydrogens (tertiary/aromatic N) is 3. The molecule has 10 nitrogen and oxygen atoms in total. The summed E-state index contributed by atoms with van der Waals surface area (Å²) in [5, 5.41) is 0. The van der Waals surface area contributed by atoms with Crippen molar-refractivity contribution in [2.24, 2.45) is 5.92 Å². The molecule has 0 spiro atoms. The molecule has 12 heteroatoms. The van der Waals surface area contributed by atoms with Crippen molar-refractivity contribution in [1.29, 1.82) is 0 Å². The maximum absolute atomic E-state index is 12.4. The highest BCUT2D eigenvalue weighted by atomic mass is 32.2. The van der Waals surface area contributed by atoms with Crippen molar-refractivity contribution in [3.63, 3.8) is 0 Å². The van der Waals surface area contributed by atoms with Gasteiger partial charge < -0.3 is 14.7 Å². The molecule has 0 amide bonds. The second-order valence-corrected chi connectivity index (χ2v) is 15.1. The Kier molecular flexibility index (Phi) is 15.1. The first kappa shape index (κ1) is 38.4. The summed E-state index contributed by atoms with van der Waals surface area (Å²) >= 11 is 0. The molecule has 1 aromatic carbocycles. The highest BCUT2D eigenvalue weighted by Crippen LogP contribution is 2.36. The molecule has 0 radical (unpaired) electrons. The molecule has 2 heterocycles. The molecular formula is C35H51N3O7S2. The van der Waals surface area contributed by atoms with E-state index in [0.29, 0.717) is 38.4 Å². The van der Waals surface area contributed by atoms with E-state index in [4.69, 9.17) is 9.11 Å². The molecule has 260 valence electrons. The van der Waals surface area contributed by atoms with Crippen LogP contribution >= 0.6 is 0 Å². The Labute approximate surface area is 281 Å². The Hall–Kier alpha value is -3.03. The average molecular weight is 690 g/mol. The fourth-order valence-corrected chi connectivity index (χ4v) is 6.97. The van der Waals surface area contributed by atoms with Crippen LogP contribution in [0.3, 0.4) is 0 Å². The zero-order valence-corrected chi connectivity index (χ0v) is 29.6. The van der Waals surface area contributed by atoms with Crippen LogP contribution in [0.25, 0.3) is 5.57 Å². The third kappa shape index (κ3) is 12.8. The molecule has 4 aliphatic rings. The zero-order chi connectivity index (χ0) is 34.5. The van der Waals surface area contributed by atoms with Gasteiger partial charge in [0, 0.05) is 37.3 Å². The van der Waals surface area contributed by atoms with Crippen LogP contribution in [0.15, 0.2) is 78.2 Å². The van der Waals surface area contributed by atoms with E-state index in [2.05, 4.69) is 54.9 Å². The largest absolute Gasteiger partial charge is 0.374 e. The number of fused-ring (bicyclic) bond motifs is 2. The van der Waals surface area contributed by atoms with Crippen LogP contribution < -0.4 is 0 Å². The Morgan fingerprint density at radius 1 is 0.830 bits per heavy atom. The number of hydrogen-bond acceptors (Lipinski definition) is 8. The number of rotatable bonds is 12. The third-order valence-corrected chi connectivity index (χ3v) is 10.3. The summed E-state index contributed by atoms with van der Waals surface area (Å²) in [4.78, 5) is 18.7. The predicted octanol–water partition coefficient (Wildman–Crippen LogP) is 5.47. The molecule has 2 aliphatic heterocycles. The Morgan fingerprint density at radius 3 is 1.94 bits per heavy atom. The molecule has 2 aliphatic carbocycles. The topological polar surface area (TPSA) is 136 Å². The quantitative estimate of drug-likeness (QED) is 0.215. The van der Waals surface area contributed by atoms with Gasteiger partial charge in [0.2, 0.25) is 0 Å². The van der Waals surface area contributed by atoms with Gasteiger partial charge in [-0.3, -0.25) is 13.9 Å². The SMILES string of the molecule is CCN(CC)CC.O=C1C2=C(C=CN(CCCS(=O)(=O)O)C2)c2ccccc21.O=S(=O)(O)CCCN1C=CC(C2CC=CCC2)=CC1. The summed E-state index contributed by atoms with van der Waals surface area (Å²) in [7, 11) is -7.75. The van der Waals surface area contributed by atoms with Crippen LogP contribution in [0.1, 0.15) is 68.8 Å². The maximum Gasteiger partial charge on any atom is 0.264 e. The smallest absolute Gasteiger partial charge is 0.264 e. The molecule has 1 aromatic rings. The average Bonchev–Trinajstić information content (AvgIpc) is 3.33. The molecule has 47 heavy (non-hydrogen) atoms. The van der Waals surface area contributed by atoms with Crippen molar-refractivity contribution in [3.8, 4) is 0 Å². The fraction of sp³-hybridized carbons (Fsp3) is 0.514. The van der Waals surface area contributed by atoms with E-state index in [1.165, 1.54) is 31.6 Å². The van der Waals surface area contributed by atoms with Gasteiger partial charge in [-0.15, -0.1) is 0 Å². The third-order valence-electron chi connectivity index (χ3n) is 8.69. The zero-order valence-electron chi connectivity index (χ0n) is 27.9. The number of hydrogen-bond donors (Lipinski definition) is 2. The van der Waals surface area contributed by atoms with Gasteiger partial charge in [-0.2, -0.15) is 16.8 Å². The number of allylic oxidation sites excluding steroid dienone is 6. The molecule has 5 rings (SSSR count). The van der Waals surface area contributed by atoms with Gasteiger partial charge in [0.05, 0.1) is 11.5 Å². The number of ketones is 1. The van der Waals surface area contributed by atoms with Crippen LogP contribution in [0.5, 0.6) is 0 Å². The second kappa shape index (κ2) is 18.5. The van der Waals surface area contributed by atoms with E-state index in [1.807, 2.05) is 47.6 Å². The first-order chi connectivity index (χ1) is 22.3. The molecule has 0 bridgehead atoms. The molecule has 0 aromatic heterocycles. The van der Waals surface area contributed by atoms with Crippen LogP contribution in [-0.4, -0.2) is 104 Å². The summed E-state index contributed by atoms with van der Waals surface area (Å²) in [6.07, 6.45) is 19.0. The predicted molar refractivity (Wildman–Crippen MR) is 189 cm³/mol. The summed E-state index contributed by atoms with van der Waals surface area (Å²) in [6, 6.07) is 7.53. The molecule has 0 saturated heterocycles. The summed E-state index contributed by atoms with van der Waals surface area (Å²) in [5.74, 6) is 0.254. The lowest BCUT2D eigenvalue weighted by Crippen LogP contribution is -2.26. The van der Waals surface area contributed by atoms with Crippen LogP contribution in [-0.2, 0) is 20.2 Å². The molecular weight excluding hydrogens is 639 g/mol. The van der Waals surface area contributed by atoms with Crippen molar-refractivity contribution >= 4 is 31.6 Å². The Bertz CT molecular complexity index is 1570. The standard InChI is InChI=1S/C15H15NO4S.C14H21NO3S.C6H15N/c17-15-13-5-2-1-4-11(13)12-6-8-16(10-14(12)15)7-3-9-21(18,19)20;16-19(17,18)12-4-9-15-10-7-14(8-11-15)13-5-2-1-3-6-13;1-4-7(5-2)6-3/h1-2,4-6,8H,3,7,9-10H2,(H,18,19,20);1-2,7-8,10,13H,3-6,9,11-12H2,(H,16,17,18);4-6H2,1-3H3. The second-order valence-electron chi connectivity index (χ2n) is 11.9. The van der Waals surface area contributed by atoms with Gasteiger partial charge in [0.15, 0.2) is 5.78 Å². The van der Waals surface area contributed by atoms with Crippen molar-refractivity contribution in [3.05, 3.63) is 89.3 Å². The van der Waals surface area contributed by atoms with Crippen LogP contribution in [0.4, 0.5) is 0 Å². The molecule has 0 fully saturated rings. The summed E-state index contributed by atoms with van der Waals surface area (Å²) in [6.45, 7) is 12.6. The lowest BCUT2D eigenvalue weighted by atomic mass is 9.86. The van der Waals surface area contributed by atoms with Gasteiger partial charge in [-0.25, -0.2) is 0 Å². The lowest BCUT2D eigenvalue weighted by Gasteiger charge is -2.26. The molecule has 1 atom stereocenters. The minimum absolute atomic E-state index is 0.0460. The van der Waals surface area contributed by atoms with Crippen molar-refractivity contribution in [2.75, 3.05) is 57.3 Å². The van der Waals surface area contributed by atoms with Gasteiger partial charge in [0.25, 0.3) is 20.2 Å². The lowest BCUT2D eigenvalue weighted by molar-refractivity contribution is 0.103. The van der Waals surface area contributed by atoms with Gasteiger partial charge in [-0.05, 0) is 98.9 Å². The highest BCUT2D eigenvalue weighted by Gasteiger charge is 2.30. The molecule has 0 saturated carbocycles. The fourth-order valence-electron chi connectivity index (χ4n) is 5.98. The van der Waals surface area contributed by atoms with E-state index >= 15 is 0 Å². The number of Topliss-reactive ketones (excluding diaryl/α,β-unsaturated/α-hetero) is 1. The van der Waals surface area contributed by atoms with Crippen molar-refractivity contribution in [2.45, 2.75) is 52.9 Å². The minimum Gasteiger partial charge on any atom is -0.374 e. The van der Waals surface area contributed by atoms with Gasteiger partial charge in [-0.1, -0.05) is 63.3 Å². The normalized spacial score (nSPS) is 18.7. The summed E-state index contributed by atoms with van der Waals surface area (Å²) < 4.78 is 60.1. The summed E-state index contributed by atoms with van der Waals surface area (Å²) in [5.41, 5.74) is 4.81. The number of carbonyl (C=O) groups is 1. The van der Waals surface area contributed by atoms with Gasteiger partial charge in [0.1, 0.15) is 0 Å². The van der Waals surface area contributed by atoms with E-state index in [9.17, 15) is 21.6 Å². The monoisotopic (exact) mass is 689 g/mol. The molecule has 2 N–H and O–H groups in total. The van der Waals surface area contributed by atoms with Crippen molar-refractivity contribution < 1.29 is 30.7 Å². The van der Waals surface area contributed by atoms with Gasteiger partial charge >= 0.3 is 0 Å². The first-order valence-corrected chi connectivity index (χ1v) is 19.8. The number of carbonyl (C=O) groups excluding carboxylic acids is 1. The Morgan fingerprint density at radius 2 is 1.43 bits per heavy atom. The highest BCUT2D eigenvalue weighted by molar-refractivity contribution is 7.86. The van der Waals surface area contributed by atoms with Crippen LogP contribution in [0, 0.1) is 5.92 Å². The van der Waals surface area contributed by atoms with Crippen LogP contribution in [0.2, 0.25) is 0 Å². The molecule has 1 unspecified atom stereocenters. The van der Waals surface area contributed by atoms with Crippen molar-refractivity contribution in [1.82, 2.24) is 14.7 Å². The Balaban J connectivity index is 0.000000214. The van der Waals surface area contributed by atoms with E-state index < -0.39 is 20.2 Å². The first-order valence-electron chi connectivity index (χ1n) is 16.5. The van der Waals surface area contributed by atoms with E-state index in [0.717, 1.165) is 41.7 Å².